The van der Waals surface area contributed by atoms with Crippen molar-refractivity contribution < 1.29 is 9.47 Å². The summed E-state index contributed by atoms with van der Waals surface area (Å²) in [6.45, 7) is 6.38. The number of rotatable bonds is 8. The maximum absolute atomic E-state index is 5.71. The molecule has 0 radical (unpaired) electrons. The Hall–Kier alpha value is -0.190. The van der Waals surface area contributed by atoms with Gasteiger partial charge in [-0.15, -0.1) is 12.6 Å². The molecule has 0 saturated carbocycles. The topological polar surface area (TPSA) is 18.5 Å². The molecule has 18 heavy (non-hydrogen) atoms. The summed E-state index contributed by atoms with van der Waals surface area (Å²) < 4.78 is 12.1. The molecule has 0 saturated heterocycles. The molecule has 0 amide bonds. The minimum atomic E-state index is 0.729. The Bertz CT molecular complexity index is 333. The van der Waals surface area contributed by atoms with Crippen LogP contribution in [0.5, 0.6) is 5.75 Å². The first-order valence-corrected chi connectivity index (χ1v) is 7.65. The quantitative estimate of drug-likeness (QED) is 0.558. The number of benzene rings is 1. The summed E-state index contributed by atoms with van der Waals surface area (Å²) in [4.78, 5) is 0.962. The molecular formula is C14H21BrO2S. The second-order valence-electron chi connectivity index (χ2n) is 4.06. The van der Waals surface area contributed by atoms with Gasteiger partial charge in [0.2, 0.25) is 0 Å². The van der Waals surface area contributed by atoms with Crippen molar-refractivity contribution in [3.63, 3.8) is 0 Å². The molecule has 0 aliphatic carbocycles. The smallest absolute Gasteiger partial charge is 0.134 e. The zero-order valence-electron chi connectivity index (χ0n) is 11.0. The highest BCUT2D eigenvalue weighted by molar-refractivity contribution is 9.10. The lowest BCUT2D eigenvalue weighted by Crippen LogP contribution is -2.01. The molecule has 4 heteroatoms. The van der Waals surface area contributed by atoms with Gasteiger partial charge in [0.25, 0.3) is 0 Å². The van der Waals surface area contributed by atoms with E-state index in [0.29, 0.717) is 0 Å². The minimum Gasteiger partial charge on any atom is -0.492 e. The molecule has 0 unspecified atom stereocenters. The van der Waals surface area contributed by atoms with E-state index in [1.165, 1.54) is 5.56 Å². The van der Waals surface area contributed by atoms with Gasteiger partial charge in [-0.25, -0.2) is 0 Å². The fourth-order valence-electron chi connectivity index (χ4n) is 1.55. The third kappa shape index (κ3) is 5.21. The van der Waals surface area contributed by atoms with E-state index in [1.54, 1.807) is 0 Å². The predicted octanol–water partition coefficient (Wildman–Crippen LogP) is 4.50. The molecule has 0 fully saturated rings. The van der Waals surface area contributed by atoms with Crippen LogP contribution >= 0.6 is 28.6 Å². The first-order valence-electron chi connectivity index (χ1n) is 6.41. The third-order valence-electron chi connectivity index (χ3n) is 2.61. The Kier molecular flexibility index (Phi) is 7.79. The van der Waals surface area contributed by atoms with Crippen molar-refractivity contribution in [1.29, 1.82) is 0 Å². The Morgan fingerprint density at radius 2 is 2.00 bits per heavy atom. The zero-order valence-corrected chi connectivity index (χ0v) is 13.5. The lowest BCUT2D eigenvalue weighted by molar-refractivity contribution is 0.150. The summed E-state index contributed by atoms with van der Waals surface area (Å²) in [5.41, 5.74) is 1.18. The van der Waals surface area contributed by atoms with Crippen molar-refractivity contribution >= 4 is 28.6 Å². The zero-order chi connectivity index (χ0) is 13.4. The van der Waals surface area contributed by atoms with E-state index >= 15 is 0 Å². The van der Waals surface area contributed by atoms with Crippen molar-refractivity contribution in [3.8, 4) is 5.75 Å². The normalized spacial score (nSPS) is 10.7. The molecule has 1 rings (SSSR count). The van der Waals surface area contributed by atoms with E-state index in [2.05, 4.69) is 41.5 Å². The number of hydrogen-bond donors (Lipinski definition) is 1. The highest BCUT2D eigenvalue weighted by Crippen LogP contribution is 2.31. The van der Waals surface area contributed by atoms with Crippen LogP contribution in [0.15, 0.2) is 21.5 Å². The lowest BCUT2D eigenvalue weighted by Gasteiger charge is -2.12. The second-order valence-corrected chi connectivity index (χ2v) is 5.40. The van der Waals surface area contributed by atoms with Gasteiger partial charge in [-0.3, -0.25) is 0 Å². The summed E-state index contributed by atoms with van der Waals surface area (Å²) in [5, 5.41) is 0. The van der Waals surface area contributed by atoms with Crippen LogP contribution in [0.4, 0.5) is 0 Å². The van der Waals surface area contributed by atoms with Gasteiger partial charge in [-0.2, -0.15) is 0 Å². The summed E-state index contributed by atoms with van der Waals surface area (Å²) in [6, 6.07) is 4.05. The molecule has 0 aromatic heterocycles. The fraction of sp³-hybridized carbons (Fsp3) is 0.571. The highest BCUT2D eigenvalue weighted by atomic mass is 79.9. The summed E-state index contributed by atoms with van der Waals surface area (Å²) in [6.07, 6.45) is 3.08. The largest absolute Gasteiger partial charge is 0.492 e. The Labute approximate surface area is 124 Å². The standard InChI is InChI=1S/C14H21BrO2S/c1-3-5-7-17-13-10-14(18)11(9-12(13)15)6-8-16-4-2/h9-10,18H,3-8H2,1-2H3. The molecule has 0 aliphatic heterocycles. The summed E-state index contributed by atoms with van der Waals surface area (Å²) >= 11 is 8.05. The van der Waals surface area contributed by atoms with Crippen molar-refractivity contribution in [2.24, 2.45) is 0 Å². The molecule has 0 atom stereocenters. The first-order chi connectivity index (χ1) is 8.69. The van der Waals surface area contributed by atoms with Gasteiger partial charge in [-0.05, 0) is 53.4 Å². The Morgan fingerprint density at radius 3 is 2.67 bits per heavy atom. The van der Waals surface area contributed by atoms with Crippen LogP contribution in [0.25, 0.3) is 0 Å². The van der Waals surface area contributed by atoms with Gasteiger partial charge < -0.3 is 9.47 Å². The summed E-state index contributed by atoms with van der Waals surface area (Å²) in [7, 11) is 0. The van der Waals surface area contributed by atoms with Crippen LogP contribution in [-0.2, 0) is 11.2 Å². The van der Waals surface area contributed by atoms with Crippen LogP contribution in [0, 0.1) is 0 Å². The minimum absolute atomic E-state index is 0.729. The molecule has 0 aliphatic rings. The van der Waals surface area contributed by atoms with E-state index in [4.69, 9.17) is 9.47 Å². The molecule has 1 aromatic carbocycles. The molecule has 1 aromatic rings. The third-order valence-corrected chi connectivity index (χ3v) is 3.64. The predicted molar refractivity (Wildman–Crippen MR) is 82.0 cm³/mol. The maximum Gasteiger partial charge on any atom is 0.134 e. The maximum atomic E-state index is 5.71. The van der Waals surface area contributed by atoms with Gasteiger partial charge in [0.15, 0.2) is 0 Å². The molecule has 0 bridgehead atoms. The number of unbranched alkanes of at least 4 members (excludes halogenated alkanes) is 1. The van der Waals surface area contributed by atoms with Crippen LogP contribution < -0.4 is 4.74 Å². The van der Waals surface area contributed by atoms with Gasteiger partial charge >= 0.3 is 0 Å². The van der Waals surface area contributed by atoms with Gasteiger partial charge in [-0.1, -0.05) is 13.3 Å². The Balaban J connectivity index is 2.64. The van der Waals surface area contributed by atoms with E-state index in [-0.39, 0.29) is 0 Å². The number of ether oxygens (including phenoxy) is 2. The average Bonchev–Trinajstić information content (AvgIpc) is 2.35. The van der Waals surface area contributed by atoms with Gasteiger partial charge in [0, 0.05) is 11.5 Å². The van der Waals surface area contributed by atoms with Gasteiger partial charge in [0.05, 0.1) is 17.7 Å². The molecule has 2 nitrogen and oxygen atoms in total. The highest BCUT2D eigenvalue weighted by Gasteiger charge is 2.07. The lowest BCUT2D eigenvalue weighted by atomic mass is 10.1. The van der Waals surface area contributed by atoms with E-state index < -0.39 is 0 Å². The molecule has 0 N–H and O–H groups in total. The first kappa shape index (κ1) is 15.9. The number of halogens is 1. The summed E-state index contributed by atoms with van der Waals surface area (Å²) in [5.74, 6) is 0.869. The van der Waals surface area contributed by atoms with Crippen molar-refractivity contribution in [2.75, 3.05) is 19.8 Å². The van der Waals surface area contributed by atoms with Crippen LogP contribution in [0.3, 0.4) is 0 Å². The van der Waals surface area contributed by atoms with Crippen LogP contribution in [0.2, 0.25) is 0 Å². The molecule has 0 spiro atoms. The molecular weight excluding hydrogens is 312 g/mol. The van der Waals surface area contributed by atoms with Gasteiger partial charge in [0.1, 0.15) is 5.75 Å². The van der Waals surface area contributed by atoms with Crippen molar-refractivity contribution in [1.82, 2.24) is 0 Å². The Morgan fingerprint density at radius 1 is 1.22 bits per heavy atom. The number of hydrogen-bond acceptors (Lipinski definition) is 3. The molecule has 102 valence electrons. The fourth-order valence-corrected chi connectivity index (χ4v) is 2.35. The van der Waals surface area contributed by atoms with Crippen LogP contribution in [0.1, 0.15) is 32.3 Å². The SMILES string of the molecule is CCCCOc1cc(S)c(CCOCC)cc1Br. The van der Waals surface area contributed by atoms with E-state index in [0.717, 1.165) is 54.2 Å². The average molecular weight is 333 g/mol. The van der Waals surface area contributed by atoms with Crippen molar-refractivity contribution in [2.45, 2.75) is 38.0 Å². The van der Waals surface area contributed by atoms with E-state index in [9.17, 15) is 0 Å². The van der Waals surface area contributed by atoms with Crippen LogP contribution in [-0.4, -0.2) is 19.8 Å². The van der Waals surface area contributed by atoms with E-state index in [1.807, 2.05) is 13.0 Å². The number of thiol groups is 1. The molecule has 0 heterocycles. The second kappa shape index (κ2) is 8.83. The monoisotopic (exact) mass is 332 g/mol. The van der Waals surface area contributed by atoms with Crippen molar-refractivity contribution in [3.05, 3.63) is 22.2 Å².